The van der Waals surface area contributed by atoms with Crippen molar-refractivity contribution >= 4 is 11.4 Å². The second-order valence-electron chi connectivity index (χ2n) is 7.10. The Labute approximate surface area is 184 Å². The van der Waals surface area contributed by atoms with Crippen molar-refractivity contribution in [3.8, 4) is 28.4 Å². The SMILES string of the molecule is COc1ccc(-c2[nH]n(-c3ccc(OC)cc3)c(=O)c2C(C)=Nc2ccc(F)cc2)cc1. The van der Waals surface area contributed by atoms with Crippen LogP contribution in [0.25, 0.3) is 16.9 Å². The Bertz CT molecular complexity index is 1300. The van der Waals surface area contributed by atoms with Gasteiger partial charge in [0.25, 0.3) is 5.56 Å². The minimum atomic E-state index is -0.343. The molecule has 0 aliphatic carbocycles. The number of methoxy groups -OCH3 is 2. The van der Waals surface area contributed by atoms with Gasteiger partial charge in [-0.2, -0.15) is 0 Å². The molecule has 0 bridgehead atoms. The molecule has 0 aliphatic heterocycles. The second-order valence-corrected chi connectivity index (χ2v) is 7.10. The van der Waals surface area contributed by atoms with Crippen LogP contribution in [0.2, 0.25) is 0 Å². The van der Waals surface area contributed by atoms with Crippen LogP contribution in [0.15, 0.2) is 82.6 Å². The second kappa shape index (κ2) is 8.93. The van der Waals surface area contributed by atoms with E-state index < -0.39 is 0 Å². The summed E-state index contributed by atoms with van der Waals surface area (Å²) in [5.74, 6) is 1.06. The molecule has 0 saturated carbocycles. The van der Waals surface area contributed by atoms with Crippen LogP contribution < -0.4 is 15.0 Å². The van der Waals surface area contributed by atoms with Gasteiger partial charge in [-0.25, -0.2) is 9.07 Å². The van der Waals surface area contributed by atoms with Crippen molar-refractivity contribution in [2.45, 2.75) is 6.92 Å². The van der Waals surface area contributed by atoms with Crippen LogP contribution in [0, 0.1) is 5.82 Å². The molecule has 0 atom stereocenters. The van der Waals surface area contributed by atoms with Gasteiger partial charge in [0, 0.05) is 5.56 Å². The predicted octanol–water partition coefficient (Wildman–Crippen LogP) is 5.13. The maximum Gasteiger partial charge on any atom is 0.280 e. The zero-order valence-corrected chi connectivity index (χ0v) is 17.9. The third-order valence-electron chi connectivity index (χ3n) is 5.09. The number of H-pyrrole nitrogens is 1. The van der Waals surface area contributed by atoms with Gasteiger partial charge >= 0.3 is 0 Å². The third-order valence-corrected chi connectivity index (χ3v) is 5.09. The molecule has 1 heterocycles. The van der Waals surface area contributed by atoms with Crippen molar-refractivity contribution in [1.29, 1.82) is 0 Å². The first-order chi connectivity index (χ1) is 15.5. The molecule has 0 fully saturated rings. The smallest absolute Gasteiger partial charge is 0.280 e. The average Bonchev–Trinajstić information content (AvgIpc) is 3.17. The number of benzene rings is 3. The van der Waals surface area contributed by atoms with Gasteiger partial charge in [-0.1, -0.05) is 0 Å². The van der Waals surface area contributed by atoms with Crippen LogP contribution in [-0.4, -0.2) is 29.7 Å². The molecule has 0 unspecified atom stereocenters. The van der Waals surface area contributed by atoms with E-state index in [2.05, 4.69) is 10.1 Å². The molecule has 7 heteroatoms. The zero-order chi connectivity index (χ0) is 22.7. The van der Waals surface area contributed by atoms with Crippen LogP contribution >= 0.6 is 0 Å². The molecule has 32 heavy (non-hydrogen) atoms. The van der Waals surface area contributed by atoms with E-state index in [1.54, 1.807) is 57.5 Å². The molecule has 0 saturated heterocycles. The lowest BCUT2D eigenvalue weighted by Crippen LogP contribution is -2.19. The molecule has 4 aromatic rings. The van der Waals surface area contributed by atoms with E-state index in [4.69, 9.17) is 9.47 Å². The average molecular weight is 431 g/mol. The normalized spacial score (nSPS) is 11.4. The van der Waals surface area contributed by atoms with E-state index in [1.807, 2.05) is 24.3 Å². The van der Waals surface area contributed by atoms with Gasteiger partial charge in [0.2, 0.25) is 0 Å². The number of nitrogens with one attached hydrogen (secondary N) is 1. The molecule has 6 nitrogen and oxygen atoms in total. The highest BCUT2D eigenvalue weighted by atomic mass is 19.1. The van der Waals surface area contributed by atoms with Crippen molar-refractivity contribution in [3.05, 3.63) is 94.5 Å². The van der Waals surface area contributed by atoms with E-state index >= 15 is 0 Å². The van der Waals surface area contributed by atoms with Gasteiger partial charge in [-0.15, -0.1) is 0 Å². The number of aromatic nitrogens is 2. The number of aromatic amines is 1. The van der Waals surface area contributed by atoms with Crippen molar-refractivity contribution in [1.82, 2.24) is 9.78 Å². The fraction of sp³-hybridized carbons (Fsp3) is 0.120. The first kappa shape index (κ1) is 21.1. The van der Waals surface area contributed by atoms with Crippen molar-refractivity contribution in [2.75, 3.05) is 14.2 Å². The highest BCUT2D eigenvalue weighted by molar-refractivity contribution is 6.04. The first-order valence-corrected chi connectivity index (χ1v) is 9.95. The van der Waals surface area contributed by atoms with Crippen LogP contribution in [-0.2, 0) is 0 Å². The van der Waals surface area contributed by atoms with Crippen LogP contribution in [0.5, 0.6) is 11.5 Å². The maximum absolute atomic E-state index is 13.5. The van der Waals surface area contributed by atoms with Gasteiger partial charge in [-0.05, 0) is 79.7 Å². The molecular weight excluding hydrogens is 409 g/mol. The zero-order valence-electron chi connectivity index (χ0n) is 17.9. The molecule has 162 valence electrons. The fourth-order valence-corrected chi connectivity index (χ4v) is 3.42. The molecule has 0 amide bonds. The Morgan fingerprint density at radius 1 is 0.875 bits per heavy atom. The highest BCUT2D eigenvalue weighted by Gasteiger charge is 2.19. The molecular formula is C25H22FN3O3. The van der Waals surface area contributed by atoms with Gasteiger partial charge in [0.15, 0.2) is 0 Å². The summed E-state index contributed by atoms with van der Waals surface area (Å²) >= 11 is 0. The Kier molecular flexibility index (Phi) is 5.89. The Hall–Kier alpha value is -4.13. The van der Waals surface area contributed by atoms with Crippen molar-refractivity contribution in [3.63, 3.8) is 0 Å². The summed E-state index contributed by atoms with van der Waals surface area (Å²) < 4.78 is 25.2. The van der Waals surface area contributed by atoms with Crippen LogP contribution in [0.1, 0.15) is 12.5 Å². The number of ether oxygens (including phenoxy) is 2. The summed E-state index contributed by atoms with van der Waals surface area (Å²) in [4.78, 5) is 18.0. The Balaban J connectivity index is 1.87. The van der Waals surface area contributed by atoms with E-state index in [0.717, 1.165) is 5.56 Å². The molecule has 0 spiro atoms. The number of hydrogen-bond acceptors (Lipinski definition) is 4. The molecule has 1 aromatic heterocycles. The Morgan fingerprint density at radius 2 is 1.44 bits per heavy atom. The Morgan fingerprint density at radius 3 is 2.00 bits per heavy atom. The number of hydrogen-bond donors (Lipinski definition) is 1. The highest BCUT2D eigenvalue weighted by Crippen LogP contribution is 2.25. The summed E-state index contributed by atoms with van der Waals surface area (Å²) in [7, 11) is 3.19. The van der Waals surface area contributed by atoms with E-state index in [0.29, 0.717) is 39.8 Å². The van der Waals surface area contributed by atoms with Gasteiger partial charge < -0.3 is 9.47 Å². The lowest BCUT2D eigenvalue weighted by Gasteiger charge is -2.05. The van der Waals surface area contributed by atoms with Gasteiger partial charge in [0.1, 0.15) is 17.3 Å². The lowest BCUT2D eigenvalue weighted by atomic mass is 10.0. The summed E-state index contributed by atoms with van der Waals surface area (Å²) in [5.41, 5.74) is 3.33. The van der Waals surface area contributed by atoms with E-state index in [1.165, 1.54) is 16.8 Å². The monoisotopic (exact) mass is 431 g/mol. The molecule has 4 rings (SSSR count). The van der Waals surface area contributed by atoms with Crippen molar-refractivity contribution < 1.29 is 13.9 Å². The van der Waals surface area contributed by atoms with E-state index in [9.17, 15) is 9.18 Å². The number of nitrogens with zero attached hydrogens (tertiary/aromatic N) is 2. The van der Waals surface area contributed by atoms with Crippen LogP contribution in [0.3, 0.4) is 0 Å². The molecule has 0 radical (unpaired) electrons. The molecule has 0 aliphatic rings. The molecule has 1 N–H and O–H groups in total. The topological polar surface area (TPSA) is 68.6 Å². The fourth-order valence-electron chi connectivity index (χ4n) is 3.42. The third kappa shape index (κ3) is 4.18. The summed E-state index contributed by atoms with van der Waals surface area (Å²) in [6, 6.07) is 20.4. The minimum absolute atomic E-state index is 0.246. The van der Waals surface area contributed by atoms with Crippen molar-refractivity contribution in [2.24, 2.45) is 4.99 Å². The lowest BCUT2D eigenvalue weighted by molar-refractivity contribution is 0.414. The quantitative estimate of drug-likeness (QED) is 0.431. The number of aliphatic imine (C=N–C) groups is 1. The predicted molar refractivity (Wildman–Crippen MR) is 123 cm³/mol. The first-order valence-electron chi connectivity index (χ1n) is 9.95. The summed E-state index contributed by atoms with van der Waals surface area (Å²) in [6.45, 7) is 1.76. The maximum atomic E-state index is 13.5. The minimum Gasteiger partial charge on any atom is -0.497 e. The van der Waals surface area contributed by atoms with Gasteiger partial charge in [-0.3, -0.25) is 14.9 Å². The summed E-state index contributed by atoms with van der Waals surface area (Å²) in [6.07, 6.45) is 0. The number of rotatable bonds is 6. The number of halogens is 1. The van der Waals surface area contributed by atoms with Crippen LogP contribution in [0.4, 0.5) is 10.1 Å². The van der Waals surface area contributed by atoms with E-state index in [-0.39, 0.29) is 11.4 Å². The molecule has 3 aromatic carbocycles. The summed E-state index contributed by atoms with van der Waals surface area (Å²) in [5, 5.41) is 3.22. The largest absolute Gasteiger partial charge is 0.497 e. The standard InChI is InChI=1S/C25H22FN3O3/c1-16(27-19-8-6-18(26)7-9-19)23-24(17-4-12-21(31-2)13-5-17)28-29(25(23)30)20-10-14-22(32-3)15-11-20/h4-15,28H,1-3H3. The van der Waals surface area contributed by atoms with Gasteiger partial charge in [0.05, 0.1) is 42.6 Å².